The van der Waals surface area contributed by atoms with Gasteiger partial charge in [0, 0.05) is 22.8 Å². The molecule has 1 aliphatic heterocycles. The first kappa shape index (κ1) is 36.1. The second-order valence-corrected chi connectivity index (χ2v) is 17.0. The summed E-state index contributed by atoms with van der Waals surface area (Å²) in [4.78, 5) is 14.5. The van der Waals surface area contributed by atoms with Crippen molar-refractivity contribution in [1.82, 2.24) is 0 Å². The van der Waals surface area contributed by atoms with Gasteiger partial charge in [-0.1, -0.05) is 46.8 Å². The van der Waals surface area contributed by atoms with Crippen molar-refractivity contribution in [1.29, 1.82) is 0 Å². The van der Waals surface area contributed by atoms with Crippen LogP contribution in [-0.4, -0.2) is 92.0 Å². The summed E-state index contributed by atoms with van der Waals surface area (Å²) in [6, 6.07) is 0. The molecule has 1 saturated heterocycles. The lowest BCUT2D eigenvalue weighted by Crippen LogP contribution is -2.63. The predicted octanol–water partition coefficient (Wildman–Crippen LogP) is 3.82. The van der Waals surface area contributed by atoms with E-state index in [-0.39, 0.29) is 34.6 Å². The van der Waals surface area contributed by atoms with Crippen LogP contribution in [0.5, 0.6) is 0 Å². The van der Waals surface area contributed by atoms with Crippen LogP contribution < -0.4 is 0 Å². The van der Waals surface area contributed by atoms with Crippen LogP contribution in [0.4, 0.5) is 0 Å². The van der Waals surface area contributed by atoms with Gasteiger partial charge in [0.1, 0.15) is 24.4 Å². The molecule has 0 spiro atoms. The van der Waals surface area contributed by atoms with Crippen LogP contribution in [0.2, 0.25) is 0 Å². The van der Waals surface area contributed by atoms with Crippen LogP contribution in [0.1, 0.15) is 106 Å². The van der Waals surface area contributed by atoms with Gasteiger partial charge in [-0.25, -0.2) is 0 Å². The Morgan fingerprint density at radius 2 is 1.72 bits per heavy atom. The zero-order valence-electron chi connectivity index (χ0n) is 29.1. The van der Waals surface area contributed by atoms with E-state index in [4.69, 9.17) is 9.47 Å². The standard InChI is InChI=1S/C37H60O9/c1-20(9-10-21(2)33(3,4)44)22-11-16-37(8)28-23(12-15-36(22,37)7)34(5)14-13-27(35(6,19-39)26(34)17-24(28)40)46-32-31(43)30(42)29(41)25(18-38)45-32/h20,22,25-27,29-32,38-39,41-44H,2,9-19H2,1,3-8H3. The molecule has 1 heterocycles. The Hall–Kier alpha value is -1.17. The monoisotopic (exact) mass is 648 g/mol. The Bertz CT molecular complexity index is 1220. The highest BCUT2D eigenvalue weighted by Crippen LogP contribution is 2.72. The summed E-state index contributed by atoms with van der Waals surface area (Å²) in [7, 11) is 0. The minimum absolute atomic E-state index is 0.0239. The molecule has 5 aliphatic rings. The number of hydrogen-bond acceptors (Lipinski definition) is 9. The minimum atomic E-state index is -1.55. The highest BCUT2D eigenvalue weighted by molar-refractivity contribution is 5.99. The maximum Gasteiger partial charge on any atom is 0.186 e. The van der Waals surface area contributed by atoms with E-state index in [0.717, 1.165) is 56.1 Å². The van der Waals surface area contributed by atoms with Crippen molar-refractivity contribution < 1.29 is 44.9 Å². The highest BCUT2D eigenvalue weighted by Gasteiger charge is 2.66. The van der Waals surface area contributed by atoms with Gasteiger partial charge in [-0.2, -0.15) is 0 Å². The van der Waals surface area contributed by atoms with E-state index in [0.29, 0.717) is 24.7 Å². The maximum atomic E-state index is 14.5. The molecular formula is C37H60O9. The van der Waals surface area contributed by atoms with Crippen molar-refractivity contribution in [2.45, 2.75) is 149 Å². The molecule has 13 unspecified atom stereocenters. The Morgan fingerprint density at radius 3 is 2.33 bits per heavy atom. The van der Waals surface area contributed by atoms with Gasteiger partial charge in [-0.3, -0.25) is 4.79 Å². The first-order chi connectivity index (χ1) is 21.3. The second-order valence-electron chi connectivity index (χ2n) is 17.0. The number of Topliss-reactive ketones (excluding diaryl/α,β-unsaturated/α-hetero) is 1. The van der Waals surface area contributed by atoms with E-state index >= 15 is 0 Å². The fraction of sp³-hybridized carbons (Fsp3) is 0.865. The summed E-state index contributed by atoms with van der Waals surface area (Å²) >= 11 is 0. The molecule has 13 atom stereocenters. The number of aliphatic hydroxyl groups is 6. The molecule has 0 radical (unpaired) electrons. The lowest BCUT2D eigenvalue weighted by Gasteiger charge is -2.62. The van der Waals surface area contributed by atoms with E-state index in [2.05, 4.69) is 34.3 Å². The van der Waals surface area contributed by atoms with Gasteiger partial charge in [0.05, 0.1) is 24.9 Å². The molecule has 4 aliphatic carbocycles. The molecule has 0 aromatic carbocycles. The number of allylic oxidation sites excluding steroid dienone is 2. The molecule has 5 rings (SSSR count). The summed E-state index contributed by atoms with van der Waals surface area (Å²) in [6.07, 6.45) is -0.287. The second kappa shape index (κ2) is 12.3. The van der Waals surface area contributed by atoms with Crippen LogP contribution >= 0.6 is 0 Å². The maximum absolute atomic E-state index is 14.5. The molecule has 3 fully saturated rings. The van der Waals surface area contributed by atoms with Gasteiger partial charge in [0.15, 0.2) is 12.1 Å². The van der Waals surface area contributed by atoms with Crippen LogP contribution in [0.25, 0.3) is 0 Å². The molecule has 262 valence electrons. The van der Waals surface area contributed by atoms with Crippen molar-refractivity contribution in [2.75, 3.05) is 13.2 Å². The number of ketones is 1. The van der Waals surface area contributed by atoms with E-state index < -0.39 is 54.4 Å². The SMILES string of the molecule is C=C(CCC(C)C1CCC2(C)C3=C(CCC12C)C1(C)CCC(OC2OC(CO)C(O)C(O)C2O)C(C)(CO)C1CC3=O)C(C)(C)O. The van der Waals surface area contributed by atoms with Gasteiger partial charge in [-0.05, 0) is 99.4 Å². The number of hydrogen-bond donors (Lipinski definition) is 6. The van der Waals surface area contributed by atoms with Crippen LogP contribution in [0.3, 0.4) is 0 Å². The molecule has 0 aromatic rings. The molecular weight excluding hydrogens is 588 g/mol. The van der Waals surface area contributed by atoms with Gasteiger partial charge in [0.25, 0.3) is 0 Å². The Morgan fingerprint density at radius 1 is 1.04 bits per heavy atom. The first-order valence-electron chi connectivity index (χ1n) is 17.5. The van der Waals surface area contributed by atoms with Crippen molar-refractivity contribution >= 4 is 5.78 Å². The molecule has 6 N–H and O–H groups in total. The number of aliphatic hydroxyl groups excluding tert-OH is 5. The third-order valence-electron chi connectivity index (χ3n) is 14.3. The molecule has 2 saturated carbocycles. The number of carbonyl (C=O) groups excluding carboxylic acids is 1. The molecule has 0 bridgehead atoms. The van der Waals surface area contributed by atoms with Crippen molar-refractivity contribution in [3.8, 4) is 0 Å². The number of carbonyl (C=O) groups is 1. The Kier molecular flexibility index (Phi) is 9.66. The molecule has 9 heteroatoms. The van der Waals surface area contributed by atoms with E-state index in [1.165, 1.54) is 5.57 Å². The third kappa shape index (κ3) is 5.40. The molecule has 9 nitrogen and oxygen atoms in total. The zero-order valence-corrected chi connectivity index (χ0v) is 29.1. The molecule has 46 heavy (non-hydrogen) atoms. The van der Waals surface area contributed by atoms with Gasteiger partial charge < -0.3 is 40.1 Å². The van der Waals surface area contributed by atoms with Crippen LogP contribution in [0, 0.1) is 39.4 Å². The Balaban J connectivity index is 1.41. The lowest BCUT2D eigenvalue weighted by atomic mass is 9.43. The summed E-state index contributed by atoms with van der Waals surface area (Å²) < 4.78 is 12.0. The van der Waals surface area contributed by atoms with Crippen molar-refractivity contribution in [3.05, 3.63) is 23.3 Å². The average Bonchev–Trinajstić information content (AvgIpc) is 3.28. The fourth-order valence-corrected chi connectivity index (χ4v) is 10.8. The summed E-state index contributed by atoms with van der Waals surface area (Å²) in [6.45, 7) is 18.2. The fourth-order valence-electron chi connectivity index (χ4n) is 10.8. The van der Waals surface area contributed by atoms with E-state index in [1.54, 1.807) is 13.8 Å². The van der Waals surface area contributed by atoms with Gasteiger partial charge in [0.2, 0.25) is 0 Å². The van der Waals surface area contributed by atoms with Crippen LogP contribution in [-0.2, 0) is 14.3 Å². The largest absolute Gasteiger partial charge is 0.396 e. The van der Waals surface area contributed by atoms with Gasteiger partial charge in [-0.15, -0.1) is 0 Å². The summed E-state index contributed by atoms with van der Waals surface area (Å²) in [5.74, 6) is 0.868. The normalized spacial score (nSPS) is 46.8. The van der Waals surface area contributed by atoms with Crippen molar-refractivity contribution in [2.24, 2.45) is 39.4 Å². The number of fused-ring (bicyclic) bond motifs is 4. The highest BCUT2D eigenvalue weighted by atomic mass is 16.7. The van der Waals surface area contributed by atoms with Crippen LogP contribution in [0.15, 0.2) is 23.3 Å². The smallest absolute Gasteiger partial charge is 0.186 e. The molecule has 0 aromatic heterocycles. The van der Waals surface area contributed by atoms with E-state index in [9.17, 15) is 35.4 Å². The predicted molar refractivity (Wildman–Crippen MR) is 173 cm³/mol. The molecule has 0 amide bonds. The zero-order chi connectivity index (χ0) is 34.2. The number of rotatable bonds is 9. The minimum Gasteiger partial charge on any atom is -0.396 e. The quantitative estimate of drug-likeness (QED) is 0.205. The topological polar surface area (TPSA) is 157 Å². The van der Waals surface area contributed by atoms with E-state index in [1.807, 2.05) is 6.92 Å². The van der Waals surface area contributed by atoms with Gasteiger partial charge >= 0.3 is 0 Å². The summed E-state index contributed by atoms with van der Waals surface area (Å²) in [5.41, 5.74) is 0.846. The lowest BCUT2D eigenvalue weighted by molar-refractivity contribution is -0.328. The average molecular weight is 649 g/mol. The third-order valence-corrected chi connectivity index (χ3v) is 14.3. The van der Waals surface area contributed by atoms with Crippen molar-refractivity contribution in [3.63, 3.8) is 0 Å². The number of ether oxygens (including phenoxy) is 2. The summed E-state index contributed by atoms with van der Waals surface area (Å²) in [5, 5.41) is 62.3. The Labute approximate surface area is 275 Å². The first-order valence-corrected chi connectivity index (χ1v) is 17.5.